The van der Waals surface area contributed by atoms with E-state index in [-0.39, 0.29) is 18.1 Å². The summed E-state index contributed by atoms with van der Waals surface area (Å²) in [5.74, 6) is 0.394. The number of ketones is 1. The topological polar surface area (TPSA) is 54.4 Å². The van der Waals surface area contributed by atoms with E-state index in [9.17, 15) is 9.59 Å². The van der Waals surface area contributed by atoms with E-state index < -0.39 is 5.97 Å². The fourth-order valence-corrected chi connectivity index (χ4v) is 1.50. The molecule has 0 aromatic carbocycles. The third-order valence-electron chi connectivity index (χ3n) is 1.35. The lowest BCUT2D eigenvalue weighted by Gasteiger charge is -2.01. The van der Waals surface area contributed by atoms with E-state index in [0.717, 1.165) is 0 Å². The average Bonchev–Trinajstić information content (AvgIpc) is 1.97. The zero-order valence-electron chi connectivity index (χ0n) is 7.37. The summed E-state index contributed by atoms with van der Waals surface area (Å²) >= 11 is 1.39. The van der Waals surface area contributed by atoms with Crippen LogP contribution in [0.15, 0.2) is 0 Å². The lowest BCUT2D eigenvalue weighted by Crippen LogP contribution is -2.10. The molecule has 0 spiro atoms. The first-order chi connectivity index (χ1) is 5.54. The second-order valence-corrected chi connectivity index (χ2v) is 3.92. The molecule has 0 amide bonds. The van der Waals surface area contributed by atoms with Gasteiger partial charge in [-0.25, -0.2) is 0 Å². The third kappa shape index (κ3) is 6.22. The minimum atomic E-state index is -0.806. The number of carboxylic acid groups (broad SMARTS) is 1. The molecule has 0 aliphatic rings. The van der Waals surface area contributed by atoms with Crippen molar-refractivity contribution >= 4 is 23.5 Å². The van der Waals surface area contributed by atoms with Gasteiger partial charge in [-0.3, -0.25) is 9.59 Å². The van der Waals surface area contributed by atoms with Gasteiger partial charge in [-0.1, -0.05) is 13.8 Å². The molecule has 4 heteroatoms. The molecule has 12 heavy (non-hydrogen) atoms. The highest BCUT2D eigenvalue weighted by molar-refractivity contribution is 7.99. The van der Waals surface area contributed by atoms with Gasteiger partial charge in [0.1, 0.15) is 5.78 Å². The zero-order chi connectivity index (χ0) is 9.56. The van der Waals surface area contributed by atoms with Crippen LogP contribution in [0.4, 0.5) is 0 Å². The van der Waals surface area contributed by atoms with Crippen LogP contribution < -0.4 is 0 Å². The first-order valence-electron chi connectivity index (χ1n) is 3.86. The van der Waals surface area contributed by atoms with Crippen molar-refractivity contribution in [1.29, 1.82) is 0 Å². The largest absolute Gasteiger partial charge is 0.481 e. The van der Waals surface area contributed by atoms with Gasteiger partial charge in [0.25, 0.3) is 0 Å². The highest BCUT2D eigenvalue weighted by atomic mass is 32.2. The van der Waals surface area contributed by atoms with Crippen LogP contribution in [0, 0.1) is 5.92 Å². The second kappa shape index (κ2) is 6.06. The maximum atomic E-state index is 11.0. The molecule has 0 saturated heterocycles. The lowest BCUT2D eigenvalue weighted by atomic mass is 10.1. The Hall–Kier alpha value is -0.510. The van der Waals surface area contributed by atoms with Gasteiger partial charge >= 0.3 is 5.97 Å². The van der Waals surface area contributed by atoms with Crippen molar-refractivity contribution in [3.8, 4) is 0 Å². The van der Waals surface area contributed by atoms with Gasteiger partial charge in [0.15, 0.2) is 0 Å². The number of carboxylic acids is 1. The number of hydrogen-bond acceptors (Lipinski definition) is 3. The summed E-state index contributed by atoms with van der Waals surface area (Å²) in [6.45, 7) is 3.69. The van der Waals surface area contributed by atoms with Crippen LogP contribution in [-0.4, -0.2) is 28.4 Å². The minimum absolute atomic E-state index is 0.0577. The van der Waals surface area contributed by atoms with Gasteiger partial charge in [0.05, 0.1) is 12.2 Å². The third-order valence-corrected chi connectivity index (χ3v) is 2.33. The van der Waals surface area contributed by atoms with Crippen molar-refractivity contribution in [3.05, 3.63) is 0 Å². The maximum Gasteiger partial charge on any atom is 0.304 e. The Bertz CT molecular complexity index is 166. The van der Waals surface area contributed by atoms with Gasteiger partial charge in [0.2, 0.25) is 0 Å². The molecule has 0 aliphatic carbocycles. The molecular weight excluding hydrogens is 176 g/mol. The van der Waals surface area contributed by atoms with Crippen LogP contribution in [0.25, 0.3) is 0 Å². The van der Waals surface area contributed by atoms with Gasteiger partial charge in [-0.2, -0.15) is 11.8 Å². The van der Waals surface area contributed by atoms with Crippen molar-refractivity contribution < 1.29 is 14.7 Å². The van der Waals surface area contributed by atoms with E-state index in [1.54, 1.807) is 0 Å². The highest BCUT2D eigenvalue weighted by Crippen LogP contribution is 2.06. The Morgan fingerprint density at radius 2 is 2.00 bits per heavy atom. The first kappa shape index (κ1) is 11.5. The standard InChI is InChI=1S/C8H14O3S/c1-6(2)7(9)5-12-4-3-8(10)11/h6H,3-5H2,1-2H3,(H,10,11). The zero-order valence-corrected chi connectivity index (χ0v) is 8.19. The number of rotatable bonds is 6. The minimum Gasteiger partial charge on any atom is -0.481 e. The van der Waals surface area contributed by atoms with Crippen LogP contribution in [0.2, 0.25) is 0 Å². The van der Waals surface area contributed by atoms with Crippen molar-refractivity contribution in [2.75, 3.05) is 11.5 Å². The molecule has 0 heterocycles. The van der Waals surface area contributed by atoms with E-state index in [2.05, 4.69) is 0 Å². The molecule has 0 fully saturated rings. The van der Waals surface area contributed by atoms with Crippen LogP contribution in [-0.2, 0) is 9.59 Å². The van der Waals surface area contributed by atoms with E-state index >= 15 is 0 Å². The van der Waals surface area contributed by atoms with Crippen LogP contribution in [0.5, 0.6) is 0 Å². The Morgan fingerprint density at radius 3 is 2.42 bits per heavy atom. The summed E-state index contributed by atoms with van der Waals surface area (Å²) in [5.41, 5.74) is 0. The fourth-order valence-electron chi connectivity index (χ4n) is 0.499. The predicted octanol–water partition coefficient (Wildman–Crippen LogP) is 1.42. The molecule has 0 saturated carbocycles. The summed E-state index contributed by atoms with van der Waals surface area (Å²) in [4.78, 5) is 21.1. The molecular formula is C8H14O3S. The molecule has 0 rings (SSSR count). The summed E-state index contributed by atoms with van der Waals surface area (Å²) in [5, 5.41) is 8.29. The van der Waals surface area contributed by atoms with Crippen LogP contribution in [0.1, 0.15) is 20.3 Å². The van der Waals surface area contributed by atoms with Crippen molar-refractivity contribution in [1.82, 2.24) is 0 Å². The van der Waals surface area contributed by atoms with Crippen LogP contribution >= 0.6 is 11.8 Å². The predicted molar refractivity (Wildman–Crippen MR) is 49.4 cm³/mol. The Balaban J connectivity index is 3.32. The van der Waals surface area contributed by atoms with Gasteiger partial charge in [0, 0.05) is 11.7 Å². The van der Waals surface area contributed by atoms with Crippen molar-refractivity contribution in [3.63, 3.8) is 0 Å². The number of carbonyl (C=O) groups is 2. The molecule has 1 N–H and O–H groups in total. The SMILES string of the molecule is CC(C)C(=O)CSCCC(=O)O. The quantitative estimate of drug-likeness (QED) is 0.643. The van der Waals surface area contributed by atoms with Crippen molar-refractivity contribution in [2.24, 2.45) is 5.92 Å². The Morgan fingerprint density at radius 1 is 1.42 bits per heavy atom. The van der Waals surface area contributed by atoms with E-state index in [1.807, 2.05) is 13.8 Å². The van der Waals surface area contributed by atoms with Gasteiger partial charge in [-0.05, 0) is 0 Å². The Kier molecular flexibility index (Phi) is 5.80. The summed E-state index contributed by atoms with van der Waals surface area (Å²) < 4.78 is 0. The second-order valence-electron chi connectivity index (χ2n) is 2.82. The number of Topliss-reactive ketones (excluding diaryl/α,β-unsaturated/α-hetero) is 1. The fraction of sp³-hybridized carbons (Fsp3) is 0.750. The number of thioether (sulfide) groups is 1. The normalized spacial score (nSPS) is 10.2. The van der Waals surface area contributed by atoms with Crippen molar-refractivity contribution in [2.45, 2.75) is 20.3 Å². The average molecular weight is 190 g/mol. The van der Waals surface area contributed by atoms with E-state index in [4.69, 9.17) is 5.11 Å². The monoisotopic (exact) mass is 190 g/mol. The number of aliphatic carboxylic acids is 1. The lowest BCUT2D eigenvalue weighted by molar-refractivity contribution is -0.136. The molecule has 0 unspecified atom stereocenters. The maximum absolute atomic E-state index is 11.0. The summed E-state index contributed by atoms with van der Waals surface area (Å²) in [7, 11) is 0. The van der Waals surface area contributed by atoms with E-state index in [1.165, 1.54) is 11.8 Å². The number of carbonyl (C=O) groups excluding carboxylic acids is 1. The molecule has 0 atom stereocenters. The number of hydrogen-bond donors (Lipinski definition) is 1. The highest BCUT2D eigenvalue weighted by Gasteiger charge is 2.06. The summed E-state index contributed by atoms with van der Waals surface area (Å²) in [6.07, 6.45) is 0.135. The van der Waals surface area contributed by atoms with Crippen LogP contribution in [0.3, 0.4) is 0 Å². The first-order valence-corrected chi connectivity index (χ1v) is 5.01. The molecule has 0 aromatic rings. The smallest absolute Gasteiger partial charge is 0.304 e. The molecule has 70 valence electrons. The molecule has 0 radical (unpaired) electrons. The molecule has 3 nitrogen and oxygen atoms in total. The van der Waals surface area contributed by atoms with E-state index in [0.29, 0.717) is 11.5 Å². The van der Waals surface area contributed by atoms with Gasteiger partial charge in [-0.15, -0.1) is 0 Å². The molecule has 0 aromatic heterocycles. The Labute approximate surface area is 76.5 Å². The molecule has 0 bridgehead atoms. The van der Waals surface area contributed by atoms with Gasteiger partial charge < -0.3 is 5.11 Å². The molecule has 0 aliphatic heterocycles. The summed E-state index contributed by atoms with van der Waals surface area (Å²) in [6, 6.07) is 0.